The number of para-hydroxylation sites is 4. The number of benzene rings is 12. The molecule has 476 valence electrons. The van der Waals surface area contributed by atoms with Gasteiger partial charge in [0.15, 0.2) is 11.4 Å². The number of fused-ring (bicyclic) bond motifs is 12. The van der Waals surface area contributed by atoms with Crippen molar-refractivity contribution in [2.45, 2.75) is 46.2 Å². The first-order valence-corrected chi connectivity index (χ1v) is 31.1. The lowest BCUT2D eigenvalue weighted by Gasteiger charge is -2.22. The fraction of sp³-hybridized carbons (Fsp3) is 0.0854. The zero-order chi connectivity index (χ0) is 68.4. The molecule has 0 N–H and O–H groups in total. The SMILES string of the molecule is [C-]#[N+]c1cc(-c2cc(-n3c4ccccc4c4c(C)cccc43)c(C#N)cc2-n2c3ccccc3c3c(C)cccc32)cc(C(F)(F)F)c1.[C-]#[N+]c1cc(-c2cc(-n3c4ccccc4c4c(C)cccc43)c(C(F)(F)F)cc2-n2c3ccccc3c3c(C)cccc32)cc(C(F)(F)F)c1. The molecule has 12 aromatic carbocycles. The summed E-state index contributed by atoms with van der Waals surface area (Å²) < 4.78 is 139. The molecule has 4 aromatic heterocycles. The minimum absolute atomic E-state index is 0.0325. The summed E-state index contributed by atoms with van der Waals surface area (Å²) in [7, 11) is 0. The van der Waals surface area contributed by atoms with E-state index in [4.69, 9.17) is 13.1 Å². The monoisotopic (exact) mass is 1300 g/mol. The normalized spacial score (nSPS) is 12.1. The van der Waals surface area contributed by atoms with Gasteiger partial charge in [-0.25, -0.2) is 9.69 Å². The van der Waals surface area contributed by atoms with Crippen LogP contribution in [-0.2, 0) is 18.5 Å². The van der Waals surface area contributed by atoms with Crippen molar-refractivity contribution in [2.75, 3.05) is 0 Å². The van der Waals surface area contributed by atoms with E-state index in [0.29, 0.717) is 44.6 Å². The smallest absolute Gasteiger partial charge is 0.309 e. The van der Waals surface area contributed by atoms with Crippen LogP contribution in [0.2, 0.25) is 0 Å². The van der Waals surface area contributed by atoms with Crippen molar-refractivity contribution in [3.8, 4) is 51.1 Å². The van der Waals surface area contributed by atoms with Crippen molar-refractivity contribution in [1.29, 1.82) is 5.26 Å². The van der Waals surface area contributed by atoms with E-state index in [2.05, 4.69) is 15.8 Å². The Hall–Kier alpha value is -12.3. The zero-order valence-electron chi connectivity index (χ0n) is 52.5. The van der Waals surface area contributed by atoms with E-state index in [-0.39, 0.29) is 39.4 Å². The number of nitriles is 1. The Bertz CT molecular complexity index is 6190. The van der Waals surface area contributed by atoms with Gasteiger partial charge < -0.3 is 18.3 Å². The van der Waals surface area contributed by atoms with Crippen LogP contribution in [-0.4, -0.2) is 18.3 Å². The van der Waals surface area contributed by atoms with Crippen molar-refractivity contribution in [3.05, 3.63) is 298 Å². The van der Waals surface area contributed by atoms with Crippen molar-refractivity contribution in [1.82, 2.24) is 18.3 Å². The number of hydrogen-bond donors (Lipinski definition) is 0. The van der Waals surface area contributed by atoms with Crippen molar-refractivity contribution in [2.24, 2.45) is 0 Å². The maximum atomic E-state index is 15.5. The number of alkyl halides is 9. The molecule has 0 atom stereocenters. The molecule has 0 aliphatic carbocycles. The molecular formula is C82H50F9N7. The number of aryl methyl sites for hydroxylation is 4. The quantitative estimate of drug-likeness (QED) is 0.121. The van der Waals surface area contributed by atoms with Gasteiger partial charge in [0.2, 0.25) is 0 Å². The van der Waals surface area contributed by atoms with Gasteiger partial charge in [-0.2, -0.15) is 44.8 Å². The van der Waals surface area contributed by atoms with E-state index >= 15 is 13.2 Å². The molecule has 0 spiro atoms. The molecular weight excluding hydrogens is 1250 g/mol. The summed E-state index contributed by atoms with van der Waals surface area (Å²) >= 11 is 0. The van der Waals surface area contributed by atoms with Gasteiger partial charge in [0.25, 0.3) is 0 Å². The molecule has 0 amide bonds. The van der Waals surface area contributed by atoms with Crippen molar-refractivity contribution >= 4 is 98.6 Å². The summed E-state index contributed by atoms with van der Waals surface area (Å²) in [6.07, 6.45) is -14.3. The molecule has 0 saturated carbocycles. The molecule has 16 aromatic rings. The van der Waals surface area contributed by atoms with E-state index in [1.54, 1.807) is 59.2 Å². The predicted molar refractivity (Wildman–Crippen MR) is 372 cm³/mol. The lowest BCUT2D eigenvalue weighted by atomic mass is 9.96. The molecule has 16 rings (SSSR count). The number of aromatic nitrogens is 4. The van der Waals surface area contributed by atoms with Crippen LogP contribution in [0, 0.1) is 52.2 Å². The van der Waals surface area contributed by atoms with Crippen LogP contribution in [0.4, 0.5) is 50.9 Å². The maximum Gasteiger partial charge on any atom is 0.418 e. The van der Waals surface area contributed by atoms with Gasteiger partial charge in [-0.05, 0) is 170 Å². The molecule has 4 heterocycles. The molecule has 0 saturated heterocycles. The van der Waals surface area contributed by atoms with E-state index in [9.17, 15) is 31.6 Å². The van der Waals surface area contributed by atoms with E-state index < -0.39 is 35.2 Å². The van der Waals surface area contributed by atoms with Crippen molar-refractivity contribution in [3.63, 3.8) is 0 Å². The minimum Gasteiger partial charge on any atom is -0.309 e. The topological polar surface area (TPSA) is 52.2 Å². The standard InChI is InChI=1S/C41H25F6N3.C41H25F3N4/c1-23-10-8-16-34-38(23)28-12-4-6-14-32(28)49(34)36-22-31(41(45,46)47)37(21-30(36)25-18-26(40(42,43)44)20-27(19-25)48-3)50-33-15-7-5-13-29(33)39-24(2)11-9-17-35(39)50;1-24-10-8-16-35-39(24)30-12-4-6-14-33(30)47(35)37-22-32(26-18-28(41(42,43)44)21-29(19-26)46-3)38(20-27(37)23-45)48-34-15-7-5-13-31(34)40-25(2)11-9-17-36(40)48/h4-22H,1-2H3;4-22H,1-2H3. The summed E-state index contributed by atoms with van der Waals surface area (Å²) in [5.74, 6) is 0. The van der Waals surface area contributed by atoms with Crippen LogP contribution in [0.5, 0.6) is 0 Å². The number of nitrogens with zero attached hydrogens (tertiary/aromatic N) is 7. The minimum atomic E-state index is -4.87. The molecule has 0 bridgehead atoms. The molecule has 0 unspecified atom stereocenters. The summed E-state index contributed by atoms with van der Waals surface area (Å²) in [4.78, 5) is 6.73. The second kappa shape index (κ2) is 23.0. The van der Waals surface area contributed by atoms with Gasteiger partial charge in [0.05, 0.1) is 91.2 Å². The number of hydrogen-bond acceptors (Lipinski definition) is 1. The molecule has 7 nitrogen and oxygen atoms in total. The second-order valence-corrected chi connectivity index (χ2v) is 24.4. The number of rotatable bonds is 6. The fourth-order valence-corrected chi connectivity index (χ4v) is 14.5. The second-order valence-electron chi connectivity index (χ2n) is 24.4. The van der Waals surface area contributed by atoms with E-state index in [1.165, 1.54) is 22.8 Å². The van der Waals surface area contributed by atoms with Crippen molar-refractivity contribution < 1.29 is 39.5 Å². The van der Waals surface area contributed by atoms with Gasteiger partial charge in [0, 0.05) is 65.3 Å². The van der Waals surface area contributed by atoms with Gasteiger partial charge >= 0.3 is 18.5 Å². The Morgan fingerprint density at radius 3 is 0.959 bits per heavy atom. The third-order valence-corrected chi connectivity index (χ3v) is 18.6. The molecule has 0 fully saturated rings. The van der Waals surface area contributed by atoms with Crippen LogP contribution in [0.1, 0.15) is 44.5 Å². The largest absolute Gasteiger partial charge is 0.418 e. The molecule has 16 heteroatoms. The Labute approximate surface area is 554 Å². The summed E-state index contributed by atoms with van der Waals surface area (Å²) in [5, 5.41) is 17.9. The van der Waals surface area contributed by atoms with Gasteiger partial charge in [-0.1, -0.05) is 121 Å². The predicted octanol–water partition coefficient (Wildman–Crippen LogP) is 24.4. The number of halogens is 9. The lowest BCUT2D eigenvalue weighted by Crippen LogP contribution is -2.13. The summed E-state index contributed by atoms with van der Waals surface area (Å²) in [5.41, 5.74) is 8.18. The highest BCUT2D eigenvalue weighted by atomic mass is 19.4. The highest BCUT2D eigenvalue weighted by Gasteiger charge is 2.38. The van der Waals surface area contributed by atoms with Crippen LogP contribution < -0.4 is 0 Å². The van der Waals surface area contributed by atoms with Crippen LogP contribution in [0.15, 0.2) is 231 Å². The van der Waals surface area contributed by atoms with E-state index in [0.717, 1.165) is 118 Å². The Kier molecular flexibility index (Phi) is 14.5. The average molecular weight is 1300 g/mol. The van der Waals surface area contributed by atoms with Gasteiger partial charge in [0.1, 0.15) is 6.07 Å². The van der Waals surface area contributed by atoms with Gasteiger partial charge in [-0.3, -0.25) is 0 Å². The summed E-state index contributed by atoms with van der Waals surface area (Å²) in [6, 6.07) is 67.9. The highest BCUT2D eigenvalue weighted by molar-refractivity contribution is 6.15. The van der Waals surface area contributed by atoms with E-state index in [1.807, 2.05) is 164 Å². The van der Waals surface area contributed by atoms with Crippen LogP contribution >= 0.6 is 0 Å². The molecule has 98 heavy (non-hydrogen) atoms. The first-order chi connectivity index (χ1) is 47.1. The lowest BCUT2D eigenvalue weighted by molar-refractivity contribution is -0.138. The van der Waals surface area contributed by atoms with Gasteiger partial charge in [-0.15, -0.1) is 0 Å². The fourth-order valence-electron chi connectivity index (χ4n) is 14.5. The Morgan fingerprint density at radius 1 is 0.327 bits per heavy atom. The average Bonchev–Trinajstić information content (AvgIpc) is 1.54. The van der Waals surface area contributed by atoms with Crippen LogP contribution in [0.3, 0.4) is 0 Å². The highest BCUT2D eigenvalue weighted by Crippen LogP contribution is 2.49. The zero-order valence-corrected chi connectivity index (χ0v) is 52.5. The first kappa shape index (κ1) is 61.8. The maximum absolute atomic E-state index is 15.5. The third-order valence-electron chi connectivity index (χ3n) is 18.6. The Morgan fingerprint density at radius 2 is 0.633 bits per heavy atom. The first-order valence-electron chi connectivity index (χ1n) is 31.1. The third kappa shape index (κ3) is 9.96. The molecule has 0 radical (unpaired) electrons. The van der Waals surface area contributed by atoms with Crippen LogP contribution in [0.25, 0.3) is 142 Å². The summed E-state index contributed by atoms with van der Waals surface area (Å²) in [6.45, 7) is 23.1. The molecule has 0 aliphatic rings. The molecule has 0 aliphatic heterocycles. The Balaban J connectivity index is 0.000000160.